The van der Waals surface area contributed by atoms with Crippen LogP contribution in [0.2, 0.25) is 0 Å². The Morgan fingerprint density at radius 3 is 2.18 bits per heavy atom. The van der Waals surface area contributed by atoms with Gasteiger partial charge in [-0.3, -0.25) is 0 Å². The van der Waals surface area contributed by atoms with Crippen LogP contribution in [-0.2, 0) is 10.2 Å². The monoisotopic (exact) mass is 462 g/mol. The van der Waals surface area contributed by atoms with Gasteiger partial charge in [-0.05, 0) is 129 Å². The molecule has 0 saturated heterocycles. The summed E-state index contributed by atoms with van der Waals surface area (Å²) in [7, 11) is 0. The van der Waals surface area contributed by atoms with Crippen LogP contribution in [0.5, 0.6) is 5.75 Å². The highest BCUT2D eigenvalue weighted by molar-refractivity contribution is 7.80. The summed E-state index contributed by atoms with van der Waals surface area (Å²) in [5.74, 6) is 3.08. The van der Waals surface area contributed by atoms with Crippen LogP contribution in [0.15, 0.2) is 42.5 Å². The molecule has 2 aromatic carbocycles. The van der Waals surface area contributed by atoms with Crippen molar-refractivity contribution in [1.29, 1.82) is 0 Å². The second-order valence-electron chi connectivity index (χ2n) is 10.6. The summed E-state index contributed by atoms with van der Waals surface area (Å²) < 4.78 is 11.3. The highest BCUT2D eigenvalue weighted by atomic mass is 32.1. The van der Waals surface area contributed by atoms with Crippen LogP contribution < -0.4 is 4.74 Å². The van der Waals surface area contributed by atoms with Crippen molar-refractivity contribution in [3.63, 3.8) is 0 Å². The minimum atomic E-state index is -0.295. The molecule has 0 atom stereocenters. The van der Waals surface area contributed by atoms with Crippen molar-refractivity contribution in [3.8, 4) is 5.75 Å². The van der Waals surface area contributed by atoms with Crippen molar-refractivity contribution < 1.29 is 14.3 Å². The summed E-state index contributed by atoms with van der Waals surface area (Å²) >= 11 is 5.69. The number of rotatable bonds is 7. The maximum atomic E-state index is 12.1. The molecule has 0 aromatic heterocycles. The fourth-order valence-electron chi connectivity index (χ4n) is 6.98. The van der Waals surface area contributed by atoms with Crippen LogP contribution in [0.1, 0.15) is 85.3 Å². The van der Waals surface area contributed by atoms with Gasteiger partial charge in [-0.25, -0.2) is 4.79 Å². The molecule has 4 aliphatic rings. The quantitative estimate of drug-likeness (QED) is 0.248. The van der Waals surface area contributed by atoms with Crippen LogP contribution in [0, 0.1) is 24.7 Å². The van der Waals surface area contributed by atoms with Crippen LogP contribution in [-0.4, -0.2) is 17.6 Å². The molecule has 4 fully saturated rings. The Morgan fingerprint density at radius 2 is 1.58 bits per heavy atom. The van der Waals surface area contributed by atoms with E-state index in [0.29, 0.717) is 28.4 Å². The van der Waals surface area contributed by atoms with Gasteiger partial charge in [0.25, 0.3) is 0 Å². The molecule has 0 amide bonds. The zero-order chi connectivity index (χ0) is 23.0. The second-order valence-corrected chi connectivity index (χ2v) is 11.0. The zero-order valence-corrected chi connectivity index (χ0v) is 20.6. The molecule has 4 bridgehead atoms. The molecule has 0 N–H and O–H groups in total. The van der Waals surface area contributed by atoms with E-state index in [1.165, 1.54) is 49.7 Å². The third-order valence-electron chi connectivity index (χ3n) is 8.11. The lowest BCUT2D eigenvalue weighted by Crippen LogP contribution is -2.48. The lowest BCUT2D eigenvalue weighted by molar-refractivity contribution is -0.00547. The molecule has 33 heavy (non-hydrogen) atoms. The zero-order valence-electron chi connectivity index (χ0n) is 19.8. The fraction of sp³-hybridized carbons (Fsp3) is 0.517. The van der Waals surface area contributed by atoms with E-state index >= 15 is 0 Å². The minimum absolute atomic E-state index is 0.295. The van der Waals surface area contributed by atoms with E-state index in [4.69, 9.17) is 21.7 Å². The van der Waals surface area contributed by atoms with E-state index in [-0.39, 0.29) is 5.97 Å². The van der Waals surface area contributed by atoms with Gasteiger partial charge in [-0.1, -0.05) is 25.5 Å². The maximum absolute atomic E-state index is 12.1. The largest absolute Gasteiger partial charge is 0.462 e. The number of carbonyl (C=O) groups is 1. The predicted molar refractivity (Wildman–Crippen MR) is 135 cm³/mol. The van der Waals surface area contributed by atoms with E-state index in [1.54, 1.807) is 24.3 Å². The first-order valence-electron chi connectivity index (χ1n) is 12.6. The lowest BCUT2D eigenvalue weighted by atomic mass is 9.47. The second kappa shape index (κ2) is 9.21. The fourth-order valence-corrected chi connectivity index (χ4v) is 7.20. The first-order valence-corrected chi connectivity index (χ1v) is 13.0. The average molecular weight is 463 g/mol. The maximum Gasteiger partial charge on any atom is 0.338 e. The number of unbranched alkanes of at least 4 members (excludes halogenated alkanes) is 1. The molecule has 6 rings (SSSR count). The molecule has 0 radical (unpaired) electrons. The van der Waals surface area contributed by atoms with Crippen molar-refractivity contribution in [2.45, 2.75) is 70.6 Å². The van der Waals surface area contributed by atoms with Crippen LogP contribution >= 0.6 is 12.2 Å². The summed E-state index contributed by atoms with van der Waals surface area (Å²) in [4.78, 5) is 12.1. The van der Waals surface area contributed by atoms with E-state index in [9.17, 15) is 4.79 Å². The van der Waals surface area contributed by atoms with Crippen LogP contribution in [0.4, 0.5) is 0 Å². The van der Waals surface area contributed by atoms with Gasteiger partial charge in [0.15, 0.2) is 5.05 Å². The number of hydrogen-bond donors (Lipinski definition) is 0. The Labute approximate surface area is 202 Å². The minimum Gasteiger partial charge on any atom is -0.462 e. The molecular formula is C29H34O3S. The number of thiocarbonyl (C=S) groups is 1. The number of ether oxygens (including phenoxy) is 2. The number of carbonyl (C=O) groups excluding carboxylic acids is 1. The average Bonchev–Trinajstić information content (AvgIpc) is 2.79. The van der Waals surface area contributed by atoms with Gasteiger partial charge in [-0.2, -0.15) is 0 Å². The molecule has 0 spiro atoms. The van der Waals surface area contributed by atoms with Crippen molar-refractivity contribution in [2.24, 2.45) is 17.8 Å². The number of hydrogen-bond acceptors (Lipinski definition) is 4. The van der Waals surface area contributed by atoms with E-state index in [1.807, 2.05) is 0 Å². The van der Waals surface area contributed by atoms with Crippen molar-refractivity contribution in [3.05, 3.63) is 64.7 Å². The number of benzene rings is 2. The van der Waals surface area contributed by atoms with Gasteiger partial charge in [0.05, 0.1) is 12.2 Å². The van der Waals surface area contributed by atoms with Gasteiger partial charge in [0.2, 0.25) is 0 Å². The molecule has 0 unspecified atom stereocenters. The SMILES string of the molecule is CCCCOC(=O)c1ccc(OC(=S)c2ccc(C)c(C34CC5CC(CC(C5)C3)C4)c2)cc1. The van der Waals surface area contributed by atoms with Crippen molar-refractivity contribution in [1.82, 2.24) is 0 Å². The summed E-state index contributed by atoms with van der Waals surface area (Å²) in [6.45, 7) is 4.78. The molecule has 4 heteroatoms. The molecule has 0 aliphatic heterocycles. The van der Waals surface area contributed by atoms with Gasteiger partial charge in [-0.15, -0.1) is 0 Å². The van der Waals surface area contributed by atoms with E-state index in [2.05, 4.69) is 32.0 Å². The molecule has 0 heterocycles. The van der Waals surface area contributed by atoms with Gasteiger partial charge in [0.1, 0.15) is 5.75 Å². The third-order valence-corrected chi connectivity index (χ3v) is 8.43. The smallest absolute Gasteiger partial charge is 0.338 e. The first kappa shape index (κ1) is 22.6. The van der Waals surface area contributed by atoms with Crippen LogP contribution in [0.25, 0.3) is 0 Å². The summed E-state index contributed by atoms with van der Waals surface area (Å²) in [6, 6.07) is 13.7. The van der Waals surface area contributed by atoms with Crippen molar-refractivity contribution >= 4 is 23.2 Å². The Bertz CT molecular complexity index is 1000. The Hall–Kier alpha value is -2.20. The molecule has 4 saturated carbocycles. The predicted octanol–water partition coefficient (Wildman–Crippen LogP) is 7.17. The Balaban J connectivity index is 1.30. The lowest BCUT2D eigenvalue weighted by Gasteiger charge is -2.57. The summed E-state index contributed by atoms with van der Waals surface area (Å²) in [5, 5.41) is 0.485. The molecule has 3 nitrogen and oxygen atoms in total. The molecule has 4 aliphatic carbocycles. The Morgan fingerprint density at radius 1 is 0.970 bits per heavy atom. The van der Waals surface area contributed by atoms with Crippen molar-refractivity contribution in [2.75, 3.05) is 6.61 Å². The summed E-state index contributed by atoms with van der Waals surface area (Å²) in [5.41, 5.74) is 4.72. The number of esters is 1. The van der Waals surface area contributed by atoms with E-state index in [0.717, 1.165) is 36.2 Å². The highest BCUT2D eigenvalue weighted by Crippen LogP contribution is 2.61. The number of aryl methyl sites for hydroxylation is 1. The topological polar surface area (TPSA) is 35.5 Å². The molecular weight excluding hydrogens is 428 g/mol. The standard InChI is InChI=1S/C29H34O3S/c1-3-4-11-31-27(30)23-7-9-25(10-8-23)32-28(33)24-6-5-19(2)26(15-24)29-16-20-12-21(17-29)14-22(13-20)18-29/h5-10,15,20-22H,3-4,11-14,16-18H2,1-2H3. The van der Waals surface area contributed by atoms with Gasteiger partial charge in [0, 0.05) is 5.56 Å². The molecule has 174 valence electrons. The first-order chi connectivity index (χ1) is 16.0. The summed E-state index contributed by atoms with van der Waals surface area (Å²) in [6.07, 6.45) is 10.2. The molecule has 2 aromatic rings. The van der Waals surface area contributed by atoms with Crippen LogP contribution in [0.3, 0.4) is 0 Å². The normalized spacial score (nSPS) is 27.4. The third kappa shape index (κ3) is 4.59. The van der Waals surface area contributed by atoms with Gasteiger partial charge < -0.3 is 9.47 Å². The van der Waals surface area contributed by atoms with E-state index < -0.39 is 0 Å². The highest BCUT2D eigenvalue weighted by Gasteiger charge is 2.52. The Kier molecular flexibility index (Phi) is 6.30. The van der Waals surface area contributed by atoms with Gasteiger partial charge >= 0.3 is 5.97 Å².